The Hall–Kier alpha value is -2.65. The number of methoxy groups -OCH3 is 1. The van der Waals surface area contributed by atoms with Crippen molar-refractivity contribution in [3.63, 3.8) is 0 Å². The number of hydrogen-bond acceptors (Lipinski definition) is 7. The van der Waals surface area contributed by atoms with Crippen LogP contribution in [0, 0.1) is 6.92 Å². The number of ether oxygens (including phenoxy) is 1. The first-order valence-electron chi connectivity index (χ1n) is 8.04. The third-order valence-electron chi connectivity index (χ3n) is 3.80. The number of nitrogens with zero attached hydrogens (tertiary/aromatic N) is 3. The molecule has 0 aliphatic carbocycles. The van der Waals surface area contributed by atoms with Crippen LogP contribution in [0.5, 0.6) is 0 Å². The molecule has 0 radical (unpaired) electrons. The molecule has 1 N–H and O–H groups in total. The van der Waals surface area contributed by atoms with E-state index in [0.717, 1.165) is 11.4 Å². The lowest BCUT2D eigenvalue weighted by molar-refractivity contribution is -0.113. The summed E-state index contributed by atoms with van der Waals surface area (Å²) in [7, 11) is 3.17. The predicted octanol–water partition coefficient (Wildman–Crippen LogP) is 3.37. The molecule has 0 atom stereocenters. The number of nitrogens with one attached hydrogen (secondary N) is 1. The number of amides is 1. The van der Waals surface area contributed by atoms with Crippen LogP contribution in [0.25, 0.3) is 11.4 Å². The van der Waals surface area contributed by atoms with Crippen molar-refractivity contribution >= 4 is 40.0 Å². The summed E-state index contributed by atoms with van der Waals surface area (Å²) in [6, 6.07) is 9.64. The average molecular weight is 403 g/mol. The van der Waals surface area contributed by atoms with Gasteiger partial charge in [-0.1, -0.05) is 41.6 Å². The van der Waals surface area contributed by atoms with E-state index in [1.807, 2.05) is 42.8 Å². The zero-order valence-electron chi connectivity index (χ0n) is 15.1. The van der Waals surface area contributed by atoms with E-state index in [4.69, 9.17) is 4.74 Å². The number of carbonyl (C=O) groups excluding carboxylic acids is 2. The van der Waals surface area contributed by atoms with Gasteiger partial charge in [0.25, 0.3) is 0 Å². The van der Waals surface area contributed by atoms with E-state index in [0.29, 0.717) is 15.7 Å². The first-order valence-corrected chi connectivity index (χ1v) is 9.91. The fourth-order valence-electron chi connectivity index (χ4n) is 2.36. The minimum atomic E-state index is -0.477. The molecule has 0 saturated carbocycles. The third-order valence-corrected chi connectivity index (χ3v) is 5.65. The van der Waals surface area contributed by atoms with Gasteiger partial charge in [-0.15, -0.1) is 21.5 Å². The molecule has 7 nitrogen and oxygen atoms in total. The summed E-state index contributed by atoms with van der Waals surface area (Å²) in [4.78, 5) is 23.9. The van der Waals surface area contributed by atoms with Crippen molar-refractivity contribution in [1.82, 2.24) is 14.8 Å². The summed E-state index contributed by atoms with van der Waals surface area (Å²) in [5.74, 6) is 0.185. The van der Waals surface area contributed by atoms with E-state index >= 15 is 0 Å². The summed E-state index contributed by atoms with van der Waals surface area (Å²) >= 11 is 2.56. The van der Waals surface area contributed by atoms with Crippen molar-refractivity contribution in [2.75, 3.05) is 18.2 Å². The first-order chi connectivity index (χ1) is 13.0. The Morgan fingerprint density at radius 3 is 2.67 bits per heavy atom. The molecule has 0 bridgehead atoms. The lowest BCUT2D eigenvalue weighted by Crippen LogP contribution is -2.16. The van der Waals surface area contributed by atoms with Gasteiger partial charge in [0.05, 0.1) is 18.4 Å². The Kier molecular flexibility index (Phi) is 5.92. The number of hydrogen-bond donors (Lipinski definition) is 1. The summed E-state index contributed by atoms with van der Waals surface area (Å²) in [5.41, 5.74) is 2.49. The first kappa shape index (κ1) is 19.1. The Labute approximate surface area is 164 Å². The van der Waals surface area contributed by atoms with Crippen LogP contribution in [-0.4, -0.2) is 39.5 Å². The second-order valence-corrected chi connectivity index (χ2v) is 7.58. The molecule has 3 aromatic rings. The number of thioether (sulfide) groups is 1. The predicted molar refractivity (Wildman–Crippen MR) is 106 cm³/mol. The minimum Gasteiger partial charge on any atom is -0.465 e. The lowest BCUT2D eigenvalue weighted by Gasteiger charge is -2.06. The normalized spacial score (nSPS) is 10.6. The Morgan fingerprint density at radius 1 is 1.22 bits per heavy atom. The van der Waals surface area contributed by atoms with Crippen LogP contribution in [0.2, 0.25) is 0 Å². The maximum Gasteiger partial charge on any atom is 0.340 e. The summed E-state index contributed by atoms with van der Waals surface area (Å²) in [5, 5.41) is 14.0. The maximum atomic E-state index is 12.2. The van der Waals surface area contributed by atoms with E-state index in [1.165, 1.54) is 35.8 Å². The fourth-order valence-corrected chi connectivity index (χ4v) is 3.87. The smallest absolute Gasteiger partial charge is 0.340 e. The molecule has 0 spiro atoms. The topological polar surface area (TPSA) is 86.1 Å². The highest BCUT2D eigenvalue weighted by Crippen LogP contribution is 2.26. The second kappa shape index (κ2) is 8.36. The van der Waals surface area contributed by atoms with Crippen LogP contribution >= 0.6 is 23.1 Å². The minimum absolute atomic E-state index is 0.151. The van der Waals surface area contributed by atoms with E-state index in [9.17, 15) is 9.59 Å². The van der Waals surface area contributed by atoms with Gasteiger partial charge in [-0.25, -0.2) is 4.79 Å². The quantitative estimate of drug-likeness (QED) is 0.503. The monoisotopic (exact) mass is 402 g/mol. The molecule has 1 amide bonds. The molecule has 27 heavy (non-hydrogen) atoms. The van der Waals surface area contributed by atoms with Crippen molar-refractivity contribution in [1.29, 1.82) is 0 Å². The molecule has 0 unspecified atom stereocenters. The largest absolute Gasteiger partial charge is 0.465 e. The molecule has 0 fully saturated rings. The van der Waals surface area contributed by atoms with Crippen molar-refractivity contribution in [3.8, 4) is 11.4 Å². The lowest BCUT2D eigenvalue weighted by atomic mass is 10.1. The number of anilines is 1. The van der Waals surface area contributed by atoms with Crippen molar-refractivity contribution < 1.29 is 14.3 Å². The van der Waals surface area contributed by atoms with Crippen LogP contribution in [0.3, 0.4) is 0 Å². The van der Waals surface area contributed by atoms with Crippen LogP contribution < -0.4 is 5.32 Å². The van der Waals surface area contributed by atoms with Gasteiger partial charge in [0.15, 0.2) is 11.0 Å². The van der Waals surface area contributed by atoms with E-state index in [2.05, 4.69) is 15.5 Å². The number of esters is 1. The van der Waals surface area contributed by atoms with Gasteiger partial charge in [0.1, 0.15) is 5.00 Å². The highest BCUT2D eigenvalue weighted by molar-refractivity contribution is 7.99. The number of thiophene rings is 1. The molecular weight excluding hydrogens is 384 g/mol. The molecular formula is C18H18N4O3S2. The van der Waals surface area contributed by atoms with Gasteiger partial charge in [-0.05, 0) is 18.4 Å². The summed E-state index contributed by atoms with van der Waals surface area (Å²) in [6.45, 7) is 2.03. The molecule has 0 aliphatic heterocycles. The molecule has 2 aromatic heterocycles. The molecule has 9 heteroatoms. The van der Waals surface area contributed by atoms with Gasteiger partial charge in [-0.3, -0.25) is 4.79 Å². The zero-order valence-corrected chi connectivity index (χ0v) is 16.7. The second-order valence-electron chi connectivity index (χ2n) is 5.72. The molecule has 1 aromatic carbocycles. The highest BCUT2D eigenvalue weighted by atomic mass is 32.2. The summed E-state index contributed by atoms with van der Waals surface area (Å²) in [6.07, 6.45) is 0. The van der Waals surface area contributed by atoms with Gasteiger partial charge in [-0.2, -0.15) is 0 Å². The van der Waals surface area contributed by atoms with Gasteiger partial charge in [0.2, 0.25) is 5.91 Å². The number of aromatic nitrogens is 3. The number of aryl methyl sites for hydroxylation is 1. The molecule has 3 rings (SSSR count). The summed E-state index contributed by atoms with van der Waals surface area (Å²) < 4.78 is 6.56. The van der Waals surface area contributed by atoms with Crippen LogP contribution in [0.15, 0.2) is 40.9 Å². The maximum absolute atomic E-state index is 12.2. The van der Waals surface area contributed by atoms with Crippen LogP contribution in [-0.2, 0) is 16.6 Å². The van der Waals surface area contributed by atoms with Crippen molar-refractivity contribution in [2.24, 2.45) is 7.05 Å². The third kappa shape index (κ3) is 4.37. The highest BCUT2D eigenvalue weighted by Gasteiger charge is 2.17. The fraction of sp³-hybridized carbons (Fsp3) is 0.222. The number of benzene rings is 1. The van der Waals surface area contributed by atoms with Crippen molar-refractivity contribution in [3.05, 3.63) is 46.8 Å². The number of carbonyl (C=O) groups is 2. The SMILES string of the molecule is COC(=O)c1ccsc1NC(=O)CSc1nnc(-c2ccc(C)cc2)n1C. The standard InChI is InChI=1S/C18H18N4O3S2/c1-11-4-6-12(7-5-11)15-20-21-18(22(15)2)27-10-14(23)19-16-13(8-9-26-16)17(24)25-3/h4-9H,10H2,1-3H3,(H,19,23). The van der Waals surface area contributed by atoms with Gasteiger partial charge < -0.3 is 14.6 Å². The van der Waals surface area contributed by atoms with Gasteiger partial charge >= 0.3 is 5.97 Å². The Bertz CT molecular complexity index is 963. The van der Waals surface area contributed by atoms with E-state index in [-0.39, 0.29) is 11.7 Å². The molecule has 140 valence electrons. The van der Waals surface area contributed by atoms with E-state index in [1.54, 1.807) is 11.4 Å². The van der Waals surface area contributed by atoms with Crippen LogP contribution in [0.1, 0.15) is 15.9 Å². The molecule has 2 heterocycles. The molecule has 0 saturated heterocycles. The zero-order chi connectivity index (χ0) is 19.4. The van der Waals surface area contributed by atoms with Crippen LogP contribution in [0.4, 0.5) is 5.00 Å². The van der Waals surface area contributed by atoms with Crippen molar-refractivity contribution in [2.45, 2.75) is 12.1 Å². The Morgan fingerprint density at radius 2 is 1.96 bits per heavy atom. The molecule has 0 aliphatic rings. The Balaban J connectivity index is 1.64. The van der Waals surface area contributed by atoms with E-state index < -0.39 is 5.97 Å². The number of rotatable bonds is 6. The van der Waals surface area contributed by atoms with Gasteiger partial charge in [0, 0.05) is 12.6 Å². The average Bonchev–Trinajstić information content (AvgIpc) is 3.27.